The van der Waals surface area contributed by atoms with Gasteiger partial charge in [0.2, 0.25) is 0 Å². The summed E-state index contributed by atoms with van der Waals surface area (Å²) in [6.07, 6.45) is 19.8. The van der Waals surface area contributed by atoms with Gasteiger partial charge in [-0.1, -0.05) is 129 Å². The SMILES string of the molecule is CCCCCCCCCCCCC(CCCCCCCCCC)CO[C@@H]1O[C@H](CO)[C@@H](O)[C@H](O)[C@H]1O. The Labute approximate surface area is 222 Å². The highest BCUT2D eigenvalue weighted by Crippen LogP contribution is 2.25. The molecule has 0 spiro atoms. The predicted molar refractivity (Wildman–Crippen MR) is 147 cm³/mol. The third-order valence-electron chi connectivity index (χ3n) is 7.78. The lowest BCUT2D eigenvalue weighted by atomic mass is 9.94. The largest absolute Gasteiger partial charge is 0.394 e. The summed E-state index contributed by atoms with van der Waals surface area (Å²) in [6.45, 7) is 4.56. The Hall–Kier alpha value is -0.240. The summed E-state index contributed by atoms with van der Waals surface area (Å²) >= 11 is 0. The van der Waals surface area contributed by atoms with Gasteiger partial charge >= 0.3 is 0 Å². The molecule has 36 heavy (non-hydrogen) atoms. The molecule has 0 aromatic carbocycles. The van der Waals surface area contributed by atoms with Crippen LogP contribution in [0.5, 0.6) is 0 Å². The number of hydrogen-bond acceptors (Lipinski definition) is 6. The second-order valence-corrected chi connectivity index (χ2v) is 11.1. The topological polar surface area (TPSA) is 99.4 Å². The summed E-state index contributed by atoms with van der Waals surface area (Å²) in [5, 5.41) is 39.8. The van der Waals surface area contributed by atoms with Crippen molar-refractivity contribution in [3.63, 3.8) is 0 Å². The first kappa shape index (κ1) is 33.8. The minimum Gasteiger partial charge on any atom is -0.394 e. The zero-order chi connectivity index (χ0) is 26.4. The van der Waals surface area contributed by atoms with E-state index in [0.29, 0.717) is 12.5 Å². The molecule has 1 aliphatic heterocycles. The highest BCUT2D eigenvalue weighted by molar-refractivity contribution is 4.89. The van der Waals surface area contributed by atoms with Crippen LogP contribution in [-0.2, 0) is 9.47 Å². The van der Waals surface area contributed by atoms with Gasteiger partial charge in [-0.25, -0.2) is 0 Å². The molecule has 0 bridgehead atoms. The molecule has 6 atom stereocenters. The van der Waals surface area contributed by atoms with E-state index < -0.39 is 37.3 Å². The van der Waals surface area contributed by atoms with Gasteiger partial charge in [-0.15, -0.1) is 0 Å². The first-order chi connectivity index (χ1) is 17.5. The number of aliphatic hydroxyl groups excluding tert-OH is 4. The van der Waals surface area contributed by atoms with E-state index in [4.69, 9.17) is 9.47 Å². The van der Waals surface area contributed by atoms with E-state index in [-0.39, 0.29) is 0 Å². The summed E-state index contributed by atoms with van der Waals surface area (Å²) in [5.74, 6) is 0.395. The normalized spacial score (nSPS) is 25.3. The summed E-state index contributed by atoms with van der Waals surface area (Å²) in [6, 6.07) is 0. The van der Waals surface area contributed by atoms with Gasteiger partial charge in [0.15, 0.2) is 6.29 Å². The third-order valence-corrected chi connectivity index (χ3v) is 7.78. The minimum atomic E-state index is -1.38. The van der Waals surface area contributed by atoms with Gasteiger partial charge in [-0.2, -0.15) is 0 Å². The van der Waals surface area contributed by atoms with E-state index in [0.717, 1.165) is 12.8 Å². The van der Waals surface area contributed by atoms with E-state index in [1.807, 2.05) is 0 Å². The molecule has 0 aromatic heterocycles. The van der Waals surface area contributed by atoms with Crippen molar-refractivity contribution >= 4 is 0 Å². The summed E-state index contributed by atoms with van der Waals surface area (Å²) in [7, 11) is 0. The van der Waals surface area contributed by atoms with Gasteiger partial charge < -0.3 is 29.9 Å². The van der Waals surface area contributed by atoms with E-state index >= 15 is 0 Å². The van der Waals surface area contributed by atoms with Crippen LogP contribution in [0.3, 0.4) is 0 Å². The zero-order valence-electron chi connectivity index (χ0n) is 23.6. The second-order valence-electron chi connectivity index (χ2n) is 11.1. The third kappa shape index (κ3) is 15.2. The van der Waals surface area contributed by atoms with Crippen molar-refractivity contribution in [3.8, 4) is 0 Å². The molecule has 0 aliphatic carbocycles. The Kier molecular flexibility index (Phi) is 21.3. The van der Waals surface area contributed by atoms with Crippen molar-refractivity contribution in [2.75, 3.05) is 13.2 Å². The molecule has 0 radical (unpaired) electrons. The molecule has 216 valence electrons. The van der Waals surface area contributed by atoms with Crippen molar-refractivity contribution in [1.29, 1.82) is 0 Å². The molecule has 1 saturated heterocycles. The van der Waals surface area contributed by atoms with Crippen LogP contribution >= 0.6 is 0 Å². The lowest BCUT2D eigenvalue weighted by Gasteiger charge is -2.40. The fourth-order valence-electron chi connectivity index (χ4n) is 5.23. The van der Waals surface area contributed by atoms with E-state index in [9.17, 15) is 20.4 Å². The van der Waals surface area contributed by atoms with Crippen molar-refractivity contribution in [2.45, 2.75) is 173 Å². The molecule has 1 fully saturated rings. The van der Waals surface area contributed by atoms with Gasteiger partial charge in [0.25, 0.3) is 0 Å². The maximum absolute atomic E-state index is 10.3. The number of aliphatic hydroxyl groups is 4. The standard InChI is InChI=1S/C30H60O6/c1-3-5-7-9-11-13-14-16-18-20-22-25(21-19-17-15-12-10-8-6-4-2)24-35-30-29(34)28(33)27(32)26(23-31)36-30/h25-34H,3-24H2,1-2H3/t25?,26-,27-,28+,29-,30-/m1/s1. The van der Waals surface area contributed by atoms with Gasteiger partial charge in [-0.3, -0.25) is 0 Å². The molecular formula is C30H60O6. The number of rotatable bonds is 24. The lowest BCUT2D eigenvalue weighted by molar-refractivity contribution is -0.303. The number of ether oxygens (including phenoxy) is 2. The van der Waals surface area contributed by atoms with E-state index in [2.05, 4.69) is 13.8 Å². The maximum atomic E-state index is 10.3. The fraction of sp³-hybridized carbons (Fsp3) is 1.00. The summed E-state index contributed by atoms with van der Waals surface area (Å²) in [5.41, 5.74) is 0. The average Bonchev–Trinajstić information content (AvgIpc) is 2.88. The Bertz CT molecular complexity index is 474. The first-order valence-corrected chi connectivity index (χ1v) is 15.5. The molecule has 6 nitrogen and oxygen atoms in total. The van der Waals surface area contributed by atoms with Crippen molar-refractivity contribution in [3.05, 3.63) is 0 Å². The Morgan fingerprint density at radius 3 is 1.42 bits per heavy atom. The van der Waals surface area contributed by atoms with Crippen LogP contribution in [0.4, 0.5) is 0 Å². The highest BCUT2D eigenvalue weighted by Gasteiger charge is 2.44. The molecule has 1 heterocycles. The van der Waals surface area contributed by atoms with Gasteiger partial charge in [0, 0.05) is 0 Å². The molecule has 0 amide bonds. The highest BCUT2D eigenvalue weighted by atomic mass is 16.7. The average molecular weight is 517 g/mol. The number of hydrogen-bond donors (Lipinski definition) is 4. The Balaban J connectivity index is 2.35. The van der Waals surface area contributed by atoms with Crippen LogP contribution in [0.25, 0.3) is 0 Å². The zero-order valence-corrected chi connectivity index (χ0v) is 23.6. The molecular weight excluding hydrogens is 456 g/mol. The van der Waals surface area contributed by atoms with Crippen LogP contribution in [0.2, 0.25) is 0 Å². The monoisotopic (exact) mass is 516 g/mol. The molecule has 0 saturated carbocycles. The van der Waals surface area contributed by atoms with Crippen LogP contribution in [0.15, 0.2) is 0 Å². The molecule has 4 N–H and O–H groups in total. The van der Waals surface area contributed by atoms with Gasteiger partial charge in [0.05, 0.1) is 13.2 Å². The fourth-order valence-corrected chi connectivity index (χ4v) is 5.23. The van der Waals surface area contributed by atoms with Crippen LogP contribution in [0.1, 0.15) is 142 Å². The second kappa shape index (κ2) is 22.7. The van der Waals surface area contributed by atoms with Crippen molar-refractivity contribution < 1.29 is 29.9 Å². The van der Waals surface area contributed by atoms with Crippen molar-refractivity contribution in [1.82, 2.24) is 0 Å². The van der Waals surface area contributed by atoms with Gasteiger partial charge in [0.1, 0.15) is 24.4 Å². The Morgan fingerprint density at radius 2 is 1.00 bits per heavy atom. The summed E-state index contributed by atoms with van der Waals surface area (Å²) < 4.78 is 11.5. The smallest absolute Gasteiger partial charge is 0.186 e. The van der Waals surface area contributed by atoms with Gasteiger partial charge in [-0.05, 0) is 18.8 Å². The van der Waals surface area contributed by atoms with Crippen LogP contribution < -0.4 is 0 Å². The molecule has 6 heteroatoms. The van der Waals surface area contributed by atoms with E-state index in [1.54, 1.807) is 0 Å². The van der Waals surface area contributed by atoms with Crippen LogP contribution in [0, 0.1) is 5.92 Å². The quantitative estimate of drug-likeness (QED) is 0.113. The van der Waals surface area contributed by atoms with Crippen LogP contribution in [-0.4, -0.2) is 64.3 Å². The van der Waals surface area contributed by atoms with Crippen molar-refractivity contribution in [2.24, 2.45) is 5.92 Å². The minimum absolute atomic E-state index is 0.395. The first-order valence-electron chi connectivity index (χ1n) is 15.5. The number of unbranched alkanes of at least 4 members (excludes halogenated alkanes) is 16. The molecule has 0 aromatic rings. The molecule has 1 aliphatic rings. The Morgan fingerprint density at radius 1 is 0.583 bits per heavy atom. The summed E-state index contributed by atoms with van der Waals surface area (Å²) in [4.78, 5) is 0. The predicted octanol–water partition coefficient (Wildman–Crippen LogP) is 6.26. The maximum Gasteiger partial charge on any atom is 0.186 e. The van der Waals surface area contributed by atoms with E-state index in [1.165, 1.54) is 116 Å². The lowest BCUT2D eigenvalue weighted by Crippen LogP contribution is -2.59. The molecule has 1 unspecified atom stereocenters. The molecule has 1 rings (SSSR count).